The molecule has 0 bridgehead atoms. The number of allylic oxidation sites excluding steroid dienone is 2. The van der Waals surface area contributed by atoms with Crippen LogP contribution in [0, 0.1) is 0 Å². The first-order valence-corrected chi connectivity index (χ1v) is 14.5. The number of carbonyl (C=O) groups is 1. The smallest absolute Gasteiger partial charge is 0.260 e. The summed E-state index contributed by atoms with van der Waals surface area (Å²) in [4.78, 5) is 15.9. The first-order valence-electron chi connectivity index (χ1n) is 13.7. The van der Waals surface area contributed by atoms with E-state index in [9.17, 15) is 9.90 Å². The van der Waals surface area contributed by atoms with E-state index >= 15 is 0 Å². The van der Waals surface area contributed by atoms with Crippen molar-refractivity contribution < 1.29 is 24.1 Å². The van der Waals surface area contributed by atoms with Crippen molar-refractivity contribution in [3.63, 3.8) is 0 Å². The predicted molar refractivity (Wildman–Crippen MR) is 165 cm³/mol. The van der Waals surface area contributed by atoms with Crippen molar-refractivity contribution in [2.45, 2.75) is 57.5 Å². The molecule has 214 valence electrons. The normalized spacial score (nSPS) is 23.0. The standard InChI is InChI=1S/C34H36BrNO5/c1-22(2)8-7-18-33(3)19-17-24-11-16-28-29(30(24)41-33)34(38,25-12-14-27(39-4)15-13-25)31(40-5)32(37)36(28)21-23-9-6-10-26(35)20-23/h6,8-17,19-20,31,38H,7,18,21H2,1-5H3/t31-,33+,34+/m1/s1. The molecule has 3 aromatic carbocycles. The molecular formula is C34H36BrNO5. The van der Waals surface area contributed by atoms with Crippen LogP contribution >= 0.6 is 15.9 Å². The van der Waals surface area contributed by atoms with Crippen LogP contribution in [-0.4, -0.2) is 36.9 Å². The number of methoxy groups -OCH3 is 2. The molecule has 0 fully saturated rings. The molecular weight excluding hydrogens is 582 g/mol. The second-order valence-corrected chi connectivity index (χ2v) is 12.0. The second-order valence-electron chi connectivity index (χ2n) is 11.1. The number of ether oxygens (including phenoxy) is 3. The van der Waals surface area contributed by atoms with Crippen LogP contribution in [0.3, 0.4) is 0 Å². The molecule has 2 heterocycles. The predicted octanol–water partition coefficient (Wildman–Crippen LogP) is 7.17. The maximum absolute atomic E-state index is 14.2. The molecule has 0 aromatic heterocycles. The minimum atomic E-state index is -1.82. The van der Waals surface area contributed by atoms with Gasteiger partial charge in [-0.05, 0) is 87.2 Å². The minimum absolute atomic E-state index is 0.302. The molecule has 3 atom stereocenters. The molecule has 5 rings (SSSR count). The Kier molecular flexibility index (Phi) is 8.15. The molecule has 0 saturated carbocycles. The monoisotopic (exact) mass is 617 g/mol. The molecule has 1 amide bonds. The van der Waals surface area contributed by atoms with Gasteiger partial charge in [-0.3, -0.25) is 4.79 Å². The number of rotatable bonds is 8. The highest BCUT2D eigenvalue weighted by atomic mass is 79.9. The van der Waals surface area contributed by atoms with Crippen LogP contribution in [0.15, 0.2) is 82.9 Å². The zero-order valence-electron chi connectivity index (χ0n) is 24.1. The van der Waals surface area contributed by atoms with Gasteiger partial charge in [0.15, 0.2) is 11.7 Å². The lowest BCUT2D eigenvalue weighted by atomic mass is 9.75. The fourth-order valence-electron chi connectivity index (χ4n) is 5.70. The van der Waals surface area contributed by atoms with E-state index in [0.717, 1.165) is 28.4 Å². The molecule has 0 spiro atoms. The molecule has 1 N–H and O–H groups in total. The molecule has 2 aliphatic heterocycles. The fourth-order valence-corrected chi connectivity index (χ4v) is 6.15. The Bertz CT molecular complexity index is 1510. The number of anilines is 1. The number of fused-ring (bicyclic) bond motifs is 3. The summed E-state index contributed by atoms with van der Waals surface area (Å²) in [7, 11) is 3.05. The Morgan fingerprint density at radius 3 is 2.54 bits per heavy atom. The second kappa shape index (κ2) is 11.5. The maximum atomic E-state index is 14.2. The van der Waals surface area contributed by atoms with E-state index < -0.39 is 17.3 Å². The number of amides is 1. The molecule has 0 saturated heterocycles. The number of hydrogen-bond acceptors (Lipinski definition) is 5. The van der Waals surface area contributed by atoms with Crippen LogP contribution in [-0.2, 0) is 21.7 Å². The van der Waals surface area contributed by atoms with Gasteiger partial charge in [0.05, 0.1) is 24.9 Å². The van der Waals surface area contributed by atoms with Crippen LogP contribution in [0.25, 0.3) is 6.08 Å². The third-order valence-corrected chi connectivity index (χ3v) is 8.34. The van der Waals surface area contributed by atoms with Gasteiger partial charge in [0.2, 0.25) is 0 Å². The topological polar surface area (TPSA) is 68.2 Å². The third kappa shape index (κ3) is 5.46. The van der Waals surface area contributed by atoms with Crippen molar-refractivity contribution in [3.05, 3.63) is 105 Å². The summed E-state index contributed by atoms with van der Waals surface area (Å²) < 4.78 is 18.9. The van der Waals surface area contributed by atoms with E-state index in [2.05, 4.69) is 48.9 Å². The van der Waals surface area contributed by atoms with Gasteiger partial charge in [0, 0.05) is 17.1 Å². The van der Waals surface area contributed by atoms with Gasteiger partial charge >= 0.3 is 0 Å². The lowest BCUT2D eigenvalue weighted by Gasteiger charge is -2.46. The van der Waals surface area contributed by atoms with Crippen molar-refractivity contribution in [1.82, 2.24) is 0 Å². The summed E-state index contributed by atoms with van der Waals surface area (Å²) in [6, 6.07) is 18.8. The Morgan fingerprint density at radius 1 is 1.12 bits per heavy atom. The van der Waals surface area contributed by atoms with Gasteiger partial charge in [-0.1, -0.05) is 57.9 Å². The van der Waals surface area contributed by atoms with E-state index in [1.54, 1.807) is 36.3 Å². The van der Waals surface area contributed by atoms with E-state index in [1.165, 1.54) is 12.7 Å². The van der Waals surface area contributed by atoms with Gasteiger partial charge in [-0.15, -0.1) is 0 Å². The average Bonchev–Trinajstić information content (AvgIpc) is 2.94. The molecule has 7 heteroatoms. The summed E-state index contributed by atoms with van der Waals surface area (Å²) in [5.74, 6) is 0.860. The summed E-state index contributed by atoms with van der Waals surface area (Å²) >= 11 is 3.54. The maximum Gasteiger partial charge on any atom is 0.260 e. The first kappa shape index (κ1) is 29.1. The molecule has 3 aromatic rings. The summed E-state index contributed by atoms with van der Waals surface area (Å²) in [5.41, 5.74) is 2.22. The minimum Gasteiger partial charge on any atom is -0.497 e. The molecule has 2 aliphatic rings. The summed E-state index contributed by atoms with van der Waals surface area (Å²) in [6.07, 6.45) is 6.72. The van der Waals surface area contributed by atoms with Gasteiger partial charge in [-0.2, -0.15) is 0 Å². The van der Waals surface area contributed by atoms with Gasteiger partial charge in [-0.25, -0.2) is 0 Å². The van der Waals surface area contributed by atoms with Crippen LogP contribution in [0.1, 0.15) is 55.9 Å². The van der Waals surface area contributed by atoms with Crippen LogP contribution in [0.5, 0.6) is 11.5 Å². The summed E-state index contributed by atoms with van der Waals surface area (Å²) in [6.45, 7) is 6.53. The number of hydrogen-bond donors (Lipinski definition) is 1. The first-order chi connectivity index (χ1) is 19.6. The van der Waals surface area contributed by atoms with Crippen LogP contribution in [0.4, 0.5) is 5.69 Å². The highest BCUT2D eigenvalue weighted by Gasteiger charge is 2.55. The van der Waals surface area contributed by atoms with Crippen molar-refractivity contribution in [1.29, 1.82) is 0 Å². The molecule has 41 heavy (non-hydrogen) atoms. The third-order valence-electron chi connectivity index (χ3n) is 7.85. The number of carbonyl (C=O) groups excluding carboxylic acids is 1. The van der Waals surface area contributed by atoms with Crippen molar-refractivity contribution in [2.24, 2.45) is 0 Å². The van der Waals surface area contributed by atoms with E-state index in [-0.39, 0.29) is 5.91 Å². The fraction of sp³-hybridized carbons (Fsp3) is 0.324. The van der Waals surface area contributed by atoms with Gasteiger partial charge in [0.1, 0.15) is 17.1 Å². The number of halogens is 1. The highest BCUT2D eigenvalue weighted by Crippen LogP contribution is 2.52. The van der Waals surface area contributed by atoms with E-state index in [0.29, 0.717) is 34.9 Å². The number of aliphatic hydroxyl groups is 1. The average molecular weight is 619 g/mol. The highest BCUT2D eigenvalue weighted by molar-refractivity contribution is 9.10. The Hall–Kier alpha value is -3.39. The van der Waals surface area contributed by atoms with Crippen LogP contribution < -0.4 is 14.4 Å². The molecule has 0 radical (unpaired) electrons. The van der Waals surface area contributed by atoms with E-state index in [4.69, 9.17) is 14.2 Å². The quantitative estimate of drug-likeness (QED) is 0.271. The number of nitrogens with zero attached hydrogens (tertiary/aromatic N) is 1. The largest absolute Gasteiger partial charge is 0.497 e. The zero-order valence-corrected chi connectivity index (χ0v) is 25.7. The van der Waals surface area contributed by atoms with Gasteiger partial charge in [0.25, 0.3) is 5.91 Å². The van der Waals surface area contributed by atoms with Crippen LogP contribution in [0.2, 0.25) is 0 Å². The number of benzene rings is 3. The molecule has 6 nitrogen and oxygen atoms in total. The summed E-state index contributed by atoms with van der Waals surface area (Å²) in [5, 5.41) is 12.8. The Balaban J connectivity index is 1.71. The van der Waals surface area contributed by atoms with Gasteiger partial charge < -0.3 is 24.2 Å². The SMILES string of the molecule is COc1ccc([C@]2(O)c3c(ccc4c3O[C@@](C)(CCC=C(C)C)C=C4)N(Cc3cccc(Br)c3)C(=O)[C@H]2OC)cc1. The van der Waals surface area contributed by atoms with E-state index in [1.807, 2.05) is 42.5 Å². The van der Waals surface area contributed by atoms with Crippen molar-refractivity contribution in [2.75, 3.05) is 19.1 Å². The lowest BCUT2D eigenvalue weighted by molar-refractivity contribution is -0.146. The Labute approximate surface area is 250 Å². The Morgan fingerprint density at radius 2 is 1.88 bits per heavy atom. The molecule has 0 aliphatic carbocycles. The lowest BCUT2D eigenvalue weighted by Crippen LogP contribution is -2.57. The van der Waals surface area contributed by atoms with Crippen molar-refractivity contribution >= 4 is 33.6 Å². The van der Waals surface area contributed by atoms with Crippen molar-refractivity contribution in [3.8, 4) is 11.5 Å². The zero-order chi connectivity index (χ0) is 29.4. The molecule has 0 unspecified atom stereocenters.